The first-order valence-corrected chi connectivity index (χ1v) is 8.90. The number of benzene rings is 1. The lowest BCUT2D eigenvalue weighted by molar-refractivity contribution is -0.121. The molecule has 1 fully saturated rings. The molecule has 1 aliphatic rings. The molecule has 1 aromatic carbocycles. The molecule has 9 heteroatoms. The van der Waals surface area contributed by atoms with Crippen molar-refractivity contribution in [2.75, 3.05) is 19.0 Å². The van der Waals surface area contributed by atoms with E-state index in [0.717, 1.165) is 0 Å². The topological polar surface area (TPSA) is 89.1 Å². The van der Waals surface area contributed by atoms with Gasteiger partial charge in [0, 0.05) is 12.7 Å². The van der Waals surface area contributed by atoms with E-state index in [4.69, 9.17) is 9.47 Å². The van der Waals surface area contributed by atoms with Crippen molar-refractivity contribution in [2.24, 2.45) is 0 Å². The van der Waals surface area contributed by atoms with Gasteiger partial charge in [0.05, 0.1) is 18.4 Å². The maximum Gasteiger partial charge on any atom is 0.230 e. The Morgan fingerprint density at radius 3 is 3.20 bits per heavy atom. The van der Waals surface area contributed by atoms with Crippen molar-refractivity contribution in [3.63, 3.8) is 0 Å². The SMILES string of the molecule is Cc1nc(SCC(=O)NC2CCOCC2Oc2cccc(F)c2)n[nH]1. The number of rotatable bonds is 6. The lowest BCUT2D eigenvalue weighted by Crippen LogP contribution is -2.51. The normalized spacial score (nSPS) is 20.2. The molecular weight excluding hydrogens is 347 g/mol. The molecule has 1 saturated heterocycles. The molecule has 1 aromatic heterocycles. The number of nitrogens with one attached hydrogen (secondary N) is 2. The Balaban J connectivity index is 1.54. The van der Waals surface area contributed by atoms with Crippen LogP contribution in [-0.4, -0.2) is 52.2 Å². The number of thioether (sulfide) groups is 1. The summed E-state index contributed by atoms with van der Waals surface area (Å²) >= 11 is 1.26. The highest BCUT2D eigenvalue weighted by molar-refractivity contribution is 7.99. The van der Waals surface area contributed by atoms with Gasteiger partial charge >= 0.3 is 0 Å². The van der Waals surface area contributed by atoms with Gasteiger partial charge in [-0.3, -0.25) is 9.89 Å². The average molecular weight is 366 g/mol. The van der Waals surface area contributed by atoms with Gasteiger partial charge in [0.25, 0.3) is 0 Å². The predicted molar refractivity (Wildman–Crippen MR) is 90.0 cm³/mol. The highest BCUT2D eigenvalue weighted by atomic mass is 32.2. The minimum atomic E-state index is -0.368. The van der Waals surface area contributed by atoms with E-state index in [-0.39, 0.29) is 29.6 Å². The number of halogens is 1. The summed E-state index contributed by atoms with van der Waals surface area (Å²) in [5.74, 6) is 0.831. The van der Waals surface area contributed by atoms with Crippen LogP contribution in [0.1, 0.15) is 12.2 Å². The summed E-state index contributed by atoms with van der Waals surface area (Å²) in [7, 11) is 0. The van der Waals surface area contributed by atoms with E-state index < -0.39 is 0 Å². The van der Waals surface area contributed by atoms with Gasteiger partial charge in [-0.25, -0.2) is 9.37 Å². The highest BCUT2D eigenvalue weighted by Gasteiger charge is 2.29. The molecular formula is C16H19FN4O3S. The van der Waals surface area contributed by atoms with E-state index in [1.54, 1.807) is 19.1 Å². The molecule has 0 radical (unpaired) electrons. The summed E-state index contributed by atoms with van der Waals surface area (Å²) in [6.45, 7) is 2.68. The summed E-state index contributed by atoms with van der Waals surface area (Å²) in [6, 6.07) is 5.73. The summed E-state index contributed by atoms with van der Waals surface area (Å²) in [4.78, 5) is 16.3. The number of aromatic nitrogens is 3. The fourth-order valence-corrected chi connectivity index (χ4v) is 3.13. The number of aryl methyl sites for hydroxylation is 1. The average Bonchev–Trinajstić information content (AvgIpc) is 3.00. The smallest absolute Gasteiger partial charge is 0.230 e. The zero-order valence-corrected chi connectivity index (χ0v) is 14.5. The molecule has 2 aromatic rings. The lowest BCUT2D eigenvalue weighted by Gasteiger charge is -2.32. The minimum absolute atomic E-state index is 0.132. The second-order valence-electron chi connectivity index (χ2n) is 5.64. The first kappa shape index (κ1) is 17.7. The molecule has 2 atom stereocenters. The van der Waals surface area contributed by atoms with Crippen molar-refractivity contribution in [3.05, 3.63) is 35.9 Å². The summed E-state index contributed by atoms with van der Waals surface area (Å²) in [5.41, 5.74) is 0. The second kappa shape index (κ2) is 8.30. The van der Waals surface area contributed by atoms with E-state index in [0.29, 0.717) is 36.4 Å². The number of hydrogen-bond donors (Lipinski definition) is 2. The van der Waals surface area contributed by atoms with Gasteiger partial charge in [0.2, 0.25) is 11.1 Å². The maximum atomic E-state index is 13.3. The molecule has 1 aliphatic heterocycles. The summed E-state index contributed by atoms with van der Waals surface area (Å²) in [5, 5.41) is 10.2. The van der Waals surface area contributed by atoms with Crippen LogP contribution < -0.4 is 10.1 Å². The van der Waals surface area contributed by atoms with E-state index in [9.17, 15) is 9.18 Å². The van der Waals surface area contributed by atoms with E-state index >= 15 is 0 Å². The van der Waals surface area contributed by atoms with Crippen LogP contribution in [0.15, 0.2) is 29.4 Å². The molecule has 0 spiro atoms. The molecule has 0 aliphatic carbocycles. The third-order valence-corrected chi connectivity index (χ3v) is 4.49. The second-order valence-corrected chi connectivity index (χ2v) is 6.59. The molecule has 2 unspecified atom stereocenters. The number of hydrogen-bond acceptors (Lipinski definition) is 6. The van der Waals surface area contributed by atoms with Gasteiger partial charge in [-0.05, 0) is 25.5 Å². The molecule has 7 nitrogen and oxygen atoms in total. The van der Waals surface area contributed by atoms with Crippen LogP contribution in [0, 0.1) is 12.7 Å². The first-order chi connectivity index (χ1) is 12.1. The zero-order chi connectivity index (χ0) is 17.6. The minimum Gasteiger partial charge on any atom is -0.486 e. The maximum absolute atomic E-state index is 13.3. The van der Waals surface area contributed by atoms with E-state index in [1.807, 2.05) is 0 Å². The van der Waals surface area contributed by atoms with Crippen molar-refractivity contribution >= 4 is 17.7 Å². The Bertz CT molecular complexity index is 727. The van der Waals surface area contributed by atoms with Crippen molar-refractivity contribution in [1.29, 1.82) is 0 Å². The number of ether oxygens (including phenoxy) is 2. The summed E-state index contributed by atoms with van der Waals surface area (Å²) < 4.78 is 24.5. The van der Waals surface area contributed by atoms with Crippen LogP contribution in [0.3, 0.4) is 0 Å². The Labute approximate surface area is 148 Å². The first-order valence-electron chi connectivity index (χ1n) is 7.91. The van der Waals surface area contributed by atoms with Gasteiger partial charge in [0.15, 0.2) is 0 Å². The zero-order valence-electron chi connectivity index (χ0n) is 13.7. The quantitative estimate of drug-likeness (QED) is 0.757. The Morgan fingerprint density at radius 2 is 2.44 bits per heavy atom. The Kier molecular flexibility index (Phi) is 5.87. The molecule has 1 amide bonds. The van der Waals surface area contributed by atoms with E-state index in [2.05, 4.69) is 20.5 Å². The van der Waals surface area contributed by atoms with Crippen LogP contribution >= 0.6 is 11.8 Å². The summed E-state index contributed by atoms with van der Waals surface area (Å²) in [6.07, 6.45) is 0.270. The van der Waals surface area contributed by atoms with Crippen LogP contribution in [0.25, 0.3) is 0 Å². The third-order valence-electron chi connectivity index (χ3n) is 3.64. The number of amides is 1. The van der Waals surface area contributed by atoms with Crippen molar-refractivity contribution < 1.29 is 18.7 Å². The Morgan fingerprint density at radius 1 is 1.56 bits per heavy atom. The largest absolute Gasteiger partial charge is 0.486 e. The van der Waals surface area contributed by atoms with Gasteiger partial charge in [0.1, 0.15) is 23.5 Å². The number of aromatic amines is 1. The predicted octanol–water partition coefficient (Wildman–Crippen LogP) is 1.70. The van der Waals surface area contributed by atoms with Crippen LogP contribution in [0.2, 0.25) is 0 Å². The van der Waals surface area contributed by atoms with Crippen molar-refractivity contribution in [2.45, 2.75) is 30.6 Å². The number of H-pyrrole nitrogens is 1. The number of nitrogens with zero attached hydrogens (tertiary/aromatic N) is 2. The van der Waals surface area contributed by atoms with Crippen LogP contribution in [0.5, 0.6) is 5.75 Å². The van der Waals surface area contributed by atoms with Gasteiger partial charge < -0.3 is 14.8 Å². The monoisotopic (exact) mass is 366 g/mol. The lowest BCUT2D eigenvalue weighted by atomic mass is 10.1. The van der Waals surface area contributed by atoms with Crippen LogP contribution in [-0.2, 0) is 9.53 Å². The van der Waals surface area contributed by atoms with Gasteiger partial charge in [-0.2, -0.15) is 0 Å². The fraction of sp³-hybridized carbons (Fsp3) is 0.438. The number of carbonyl (C=O) groups excluding carboxylic acids is 1. The molecule has 134 valence electrons. The Hall–Kier alpha value is -2.13. The van der Waals surface area contributed by atoms with Gasteiger partial charge in [-0.1, -0.05) is 17.8 Å². The van der Waals surface area contributed by atoms with Crippen LogP contribution in [0.4, 0.5) is 4.39 Å². The third kappa shape index (κ3) is 5.17. The molecule has 0 bridgehead atoms. The molecule has 3 rings (SSSR count). The van der Waals surface area contributed by atoms with Crippen molar-refractivity contribution in [3.8, 4) is 5.75 Å². The molecule has 2 N–H and O–H groups in total. The van der Waals surface area contributed by atoms with E-state index in [1.165, 1.54) is 23.9 Å². The highest BCUT2D eigenvalue weighted by Crippen LogP contribution is 2.19. The molecule has 25 heavy (non-hydrogen) atoms. The molecule has 2 heterocycles. The van der Waals surface area contributed by atoms with Crippen molar-refractivity contribution in [1.82, 2.24) is 20.5 Å². The fourth-order valence-electron chi connectivity index (χ4n) is 2.47. The molecule has 0 saturated carbocycles. The standard InChI is InChI=1S/C16H19FN4O3S/c1-10-18-16(21-20-10)25-9-15(22)19-13-5-6-23-8-14(13)24-12-4-2-3-11(17)7-12/h2-4,7,13-14H,5-6,8-9H2,1H3,(H,19,22)(H,18,20,21). The van der Waals surface area contributed by atoms with Gasteiger partial charge in [-0.15, -0.1) is 5.10 Å². The number of carbonyl (C=O) groups is 1.